The average Bonchev–Trinajstić information content (AvgIpc) is 2.13. The third kappa shape index (κ3) is 3.12. The van der Waals surface area contributed by atoms with Crippen LogP contribution in [0.1, 0.15) is 5.56 Å². The molecule has 4 nitrogen and oxygen atoms in total. The number of nitrogens with zero attached hydrogens (tertiary/aromatic N) is 2. The number of hydrogen-bond acceptors (Lipinski definition) is 2. The van der Waals surface area contributed by atoms with Crippen LogP contribution in [0.2, 0.25) is 0 Å². The molecule has 0 saturated heterocycles. The molecule has 15 heavy (non-hydrogen) atoms. The molecular formula is C8H8F3N3O. The molecule has 0 spiro atoms. The second kappa shape index (κ2) is 4.16. The summed E-state index contributed by atoms with van der Waals surface area (Å²) in [5.41, 5.74) is 0.916. The summed E-state index contributed by atoms with van der Waals surface area (Å²) < 4.78 is 37.2. The Kier molecular flexibility index (Phi) is 3.13. The van der Waals surface area contributed by atoms with E-state index in [2.05, 4.69) is 5.22 Å². The number of hydrogen-bond donors (Lipinski definition) is 1. The summed E-state index contributed by atoms with van der Waals surface area (Å²) in [4.78, 5) is 0.132. The maximum atomic E-state index is 12.4. The fourth-order valence-electron chi connectivity index (χ4n) is 0.952. The van der Waals surface area contributed by atoms with Crippen molar-refractivity contribution in [3.05, 3.63) is 35.0 Å². The van der Waals surface area contributed by atoms with E-state index in [-0.39, 0.29) is 10.5 Å². The highest BCUT2D eigenvalue weighted by molar-refractivity contribution is 5.51. The number of benzene rings is 1. The molecule has 0 bridgehead atoms. The topological polar surface area (TPSA) is 50.5 Å². The van der Waals surface area contributed by atoms with Gasteiger partial charge in [-0.15, -0.1) is 5.43 Å². The van der Waals surface area contributed by atoms with Gasteiger partial charge in [0.1, 0.15) is 12.6 Å². The van der Waals surface area contributed by atoms with E-state index in [1.54, 1.807) is 0 Å². The Bertz CT molecular complexity index is 372. The molecule has 1 aromatic carbocycles. The van der Waals surface area contributed by atoms with Crippen molar-refractivity contribution in [1.29, 1.82) is 0 Å². The largest absolute Gasteiger partial charge is 0.696 e. The molecule has 0 unspecified atom stereocenters. The molecule has 0 aliphatic heterocycles. The van der Waals surface area contributed by atoms with Crippen molar-refractivity contribution >= 4 is 5.69 Å². The lowest BCUT2D eigenvalue weighted by Crippen LogP contribution is -2.09. The summed E-state index contributed by atoms with van der Waals surface area (Å²) in [6.45, 7) is 0. The second-order valence-corrected chi connectivity index (χ2v) is 2.72. The molecule has 0 aliphatic rings. The molecule has 1 aromatic rings. The van der Waals surface area contributed by atoms with E-state index in [1.165, 1.54) is 18.2 Å². The van der Waals surface area contributed by atoms with Crippen LogP contribution in [0.4, 0.5) is 18.9 Å². The van der Waals surface area contributed by atoms with Crippen LogP contribution in [0.15, 0.2) is 29.5 Å². The Hall–Kier alpha value is -1.79. The molecule has 0 heterocycles. The van der Waals surface area contributed by atoms with Crippen LogP contribution in [-0.4, -0.2) is 11.9 Å². The predicted octanol–water partition coefficient (Wildman–Crippen LogP) is 2.62. The summed E-state index contributed by atoms with van der Waals surface area (Å²) in [7, 11) is 1.06. The molecule has 82 valence electrons. The van der Waals surface area contributed by atoms with Crippen LogP contribution < -0.4 is 5.43 Å². The van der Waals surface area contributed by atoms with Crippen LogP contribution in [0.25, 0.3) is 0 Å². The standard InChI is InChI=1S/C8H8F3N3O/c1-14(15)13-12-7-5-3-2-4-6(7)8(9,10)11/h2-5,12H,1H3/b14-13+. The van der Waals surface area contributed by atoms with Crippen molar-refractivity contribution < 1.29 is 18.0 Å². The fourth-order valence-corrected chi connectivity index (χ4v) is 0.952. The number of para-hydroxylation sites is 1. The van der Waals surface area contributed by atoms with Gasteiger partial charge in [-0.05, 0) is 12.1 Å². The summed E-state index contributed by atoms with van der Waals surface area (Å²) in [5, 5.41) is 13.5. The van der Waals surface area contributed by atoms with Gasteiger partial charge in [-0.2, -0.15) is 18.0 Å². The Labute approximate surface area is 83.6 Å². The van der Waals surface area contributed by atoms with Crippen molar-refractivity contribution in [2.75, 3.05) is 12.5 Å². The summed E-state index contributed by atoms with van der Waals surface area (Å²) in [6, 6.07) is 4.77. The van der Waals surface area contributed by atoms with Crippen LogP contribution in [-0.2, 0) is 6.18 Å². The highest BCUT2D eigenvalue weighted by Gasteiger charge is 2.34. The van der Waals surface area contributed by atoms with Gasteiger partial charge < -0.3 is 5.21 Å². The molecule has 0 saturated carbocycles. The van der Waals surface area contributed by atoms with Crippen molar-refractivity contribution in [3.63, 3.8) is 0 Å². The first-order valence-electron chi connectivity index (χ1n) is 3.95. The van der Waals surface area contributed by atoms with Gasteiger partial charge in [0.2, 0.25) is 0 Å². The minimum absolute atomic E-state index is 0.132. The SMILES string of the molecule is C/[N+]([O-])=N\Nc1ccccc1C(F)(F)F. The zero-order valence-electron chi connectivity index (χ0n) is 7.75. The number of alkyl halides is 3. The molecule has 0 radical (unpaired) electrons. The minimum Gasteiger partial charge on any atom is -0.696 e. The molecule has 1 N–H and O–H groups in total. The number of rotatable bonds is 2. The van der Waals surface area contributed by atoms with Crippen molar-refractivity contribution in [2.45, 2.75) is 6.18 Å². The summed E-state index contributed by atoms with van der Waals surface area (Å²) >= 11 is 0. The van der Waals surface area contributed by atoms with Crippen LogP contribution in [0, 0.1) is 5.21 Å². The number of nitrogens with one attached hydrogen (secondary N) is 1. The minimum atomic E-state index is -4.47. The van der Waals surface area contributed by atoms with E-state index in [4.69, 9.17) is 0 Å². The smallest absolute Gasteiger partial charge is 0.420 e. The lowest BCUT2D eigenvalue weighted by atomic mass is 10.2. The van der Waals surface area contributed by atoms with Crippen LogP contribution in [0.5, 0.6) is 0 Å². The highest BCUT2D eigenvalue weighted by atomic mass is 19.4. The predicted molar refractivity (Wildman–Crippen MR) is 47.0 cm³/mol. The molecule has 0 aliphatic carbocycles. The highest BCUT2D eigenvalue weighted by Crippen LogP contribution is 2.34. The molecule has 0 amide bonds. The van der Waals surface area contributed by atoms with E-state index < -0.39 is 11.7 Å². The fraction of sp³-hybridized carbons (Fsp3) is 0.250. The first kappa shape index (κ1) is 11.3. The van der Waals surface area contributed by atoms with Crippen molar-refractivity contribution in [2.24, 2.45) is 5.22 Å². The van der Waals surface area contributed by atoms with E-state index in [0.717, 1.165) is 13.1 Å². The van der Waals surface area contributed by atoms with E-state index >= 15 is 0 Å². The average molecular weight is 219 g/mol. The van der Waals surface area contributed by atoms with Crippen LogP contribution >= 0.6 is 0 Å². The van der Waals surface area contributed by atoms with Gasteiger partial charge in [-0.1, -0.05) is 12.1 Å². The van der Waals surface area contributed by atoms with Gasteiger partial charge in [0.25, 0.3) is 0 Å². The molecule has 0 fully saturated rings. The zero-order valence-corrected chi connectivity index (χ0v) is 7.75. The normalized spacial score (nSPS) is 12.7. The van der Waals surface area contributed by atoms with Gasteiger partial charge in [0.15, 0.2) is 5.69 Å². The molecular weight excluding hydrogens is 211 g/mol. The van der Waals surface area contributed by atoms with Gasteiger partial charge in [0, 0.05) is 0 Å². The van der Waals surface area contributed by atoms with E-state index in [1.807, 2.05) is 5.43 Å². The van der Waals surface area contributed by atoms with Gasteiger partial charge in [-0.25, -0.2) is 0 Å². The first-order valence-corrected chi connectivity index (χ1v) is 3.95. The Morgan fingerprint density at radius 2 is 1.93 bits per heavy atom. The summed E-state index contributed by atoms with van der Waals surface area (Å²) in [5.74, 6) is 0. The summed E-state index contributed by atoms with van der Waals surface area (Å²) in [6.07, 6.45) is -4.47. The van der Waals surface area contributed by atoms with Crippen LogP contribution in [0.3, 0.4) is 0 Å². The third-order valence-electron chi connectivity index (χ3n) is 1.54. The van der Waals surface area contributed by atoms with Gasteiger partial charge >= 0.3 is 6.18 Å². The lowest BCUT2D eigenvalue weighted by molar-refractivity contribution is -0.497. The lowest BCUT2D eigenvalue weighted by Gasteiger charge is -2.08. The third-order valence-corrected chi connectivity index (χ3v) is 1.54. The zero-order chi connectivity index (χ0) is 11.5. The second-order valence-electron chi connectivity index (χ2n) is 2.72. The number of anilines is 1. The number of hydroxylamine groups is 1. The molecule has 0 atom stereocenters. The van der Waals surface area contributed by atoms with Crippen molar-refractivity contribution in [3.8, 4) is 0 Å². The maximum Gasteiger partial charge on any atom is 0.420 e. The van der Waals surface area contributed by atoms with E-state index in [0.29, 0.717) is 0 Å². The van der Waals surface area contributed by atoms with Crippen molar-refractivity contribution in [1.82, 2.24) is 0 Å². The Morgan fingerprint density at radius 3 is 2.47 bits per heavy atom. The molecule has 0 aromatic heterocycles. The van der Waals surface area contributed by atoms with Gasteiger partial charge in [0.05, 0.1) is 5.22 Å². The molecule has 7 heteroatoms. The molecule has 1 rings (SSSR count). The number of halogens is 3. The maximum absolute atomic E-state index is 12.4. The van der Waals surface area contributed by atoms with Gasteiger partial charge in [-0.3, -0.25) is 0 Å². The van der Waals surface area contributed by atoms with E-state index in [9.17, 15) is 18.4 Å². The monoisotopic (exact) mass is 219 g/mol. The Morgan fingerprint density at radius 1 is 1.33 bits per heavy atom. The quantitative estimate of drug-likeness (QED) is 0.472. The first-order chi connectivity index (χ1) is 6.91. The Balaban J connectivity index is 3.02.